The maximum Gasteiger partial charge on any atom is 0.223 e. The van der Waals surface area contributed by atoms with E-state index in [-0.39, 0.29) is 18.4 Å². The van der Waals surface area contributed by atoms with Gasteiger partial charge in [-0.05, 0) is 20.8 Å². The van der Waals surface area contributed by atoms with Gasteiger partial charge in [0, 0.05) is 6.04 Å². The molecule has 0 atom stereocenters. The number of hydrogen-bond donors (Lipinski definition) is 1. The van der Waals surface area contributed by atoms with Gasteiger partial charge in [-0.1, -0.05) is 5.21 Å². The van der Waals surface area contributed by atoms with Crippen molar-refractivity contribution in [3.63, 3.8) is 0 Å². The number of carbonyl (C=O) groups is 1. The Labute approximate surface area is 76.9 Å². The van der Waals surface area contributed by atoms with E-state index >= 15 is 0 Å². The lowest BCUT2D eigenvalue weighted by Crippen LogP contribution is -2.15. The summed E-state index contributed by atoms with van der Waals surface area (Å²) in [5.41, 5.74) is 6.64. The van der Waals surface area contributed by atoms with Crippen LogP contribution in [0.4, 0.5) is 0 Å². The summed E-state index contributed by atoms with van der Waals surface area (Å²) in [5.74, 6) is -0.376. The van der Waals surface area contributed by atoms with Crippen molar-refractivity contribution < 1.29 is 4.79 Å². The first-order valence-corrected chi connectivity index (χ1v) is 4.21. The molecule has 13 heavy (non-hydrogen) atoms. The minimum Gasteiger partial charge on any atom is -0.369 e. The molecule has 0 radical (unpaired) electrons. The molecule has 2 N–H and O–H groups in total. The molecule has 0 aliphatic carbocycles. The van der Waals surface area contributed by atoms with Crippen LogP contribution in [0, 0.1) is 6.92 Å². The van der Waals surface area contributed by atoms with Crippen LogP contribution in [0.2, 0.25) is 0 Å². The van der Waals surface area contributed by atoms with Gasteiger partial charge in [0.05, 0.1) is 17.8 Å². The van der Waals surface area contributed by atoms with Crippen molar-refractivity contribution in [2.24, 2.45) is 5.73 Å². The van der Waals surface area contributed by atoms with Crippen LogP contribution in [0.1, 0.15) is 31.3 Å². The lowest BCUT2D eigenvalue weighted by molar-refractivity contribution is -0.117. The first-order valence-electron chi connectivity index (χ1n) is 4.21. The molecule has 0 unspecified atom stereocenters. The normalized spacial score (nSPS) is 10.8. The van der Waals surface area contributed by atoms with E-state index in [4.69, 9.17) is 5.73 Å². The summed E-state index contributed by atoms with van der Waals surface area (Å²) in [7, 11) is 0. The number of aromatic nitrogens is 3. The van der Waals surface area contributed by atoms with E-state index in [1.165, 1.54) is 0 Å². The van der Waals surface area contributed by atoms with Gasteiger partial charge in [0.1, 0.15) is 0 Å². The van der Waals surface area contributed by atoms with Crippen molar-refractivity contribution in [1.29, 1.82) is 0 Å². The highest BCUT2D eigenvalue weighted by Crippen LogP contribution is 2.09. The summed E-state index contributed by atoms with van der Waals surface area (Å²) in [6, 6.07) is 0.258. The van der Waals surface area contributed by atoms with Crippen molar-refractivity contribution in [3.05, 3.63) is 11.4 Å². The molecule has 1 rings (SSSR count). The lowest BCUT2D eigenvalue weighted by Gasteiger charge is -2.05. The minimum atomic E-state index is -0.376. The van der Waals surface area contributed by atoms with Crippen molar-refractivity contribution in [1.82, 2.24) is 15.0 Å². The van der Waals surface area contributed by atoms with Crippen LogP contribution in [0.3, 0.4) is 0 Å². The molecule has 1 aromatic heterocycles. The molecule has 1 heterocycles. The highest BCUT2D eigenvalue weighted by atomic mass is 16.1. The van der Waals surface area contributed by atoms with Gasteiger partial charge in [-0.15, -0.1) is 5.10 Å². The van der Waals surface area contributed by atoms with Crippen molar-refractivity contribution in [2.75, 3.05) is 0 Å². The Bertz CT molecular complexity index is 316. The van der Waals surface area contributed by atoms with Crippen molar-refractivity contribution in [2.45, 2.75) is 33.2 Å². The van der Waals surface area contributed by atoms with Gasteiger partial charge in [-0.25, -0.2) is 4.68 Å². The molecule has 5 nitrogen and oxygen atoms in total. The Morgan fingerprint density at radius 3 is 2.62 bits per heavy atom. The molecular formula is C8H14N4O. The fourth-order valence-electron chi connectivity index (χ4n) is 1.19. The average Bonchev–Trinajstić information content (AvgIpc) is 2.32. The van der Waals surface area contributed by atoms with E-state index in [1.54, 1.807) is 4.68 Å². The highest BCUT2D eigenvalue weighted by molar-refractivity contribution is 5.76. The van der Waals surface area contributed by atoms with Gasteiger partial charge < -0.3 is 5.73 Å². The van der Waals surface area contributed by atoms with Crippen molar-refractivity contribution in [3.8, 4) is 0 Å². The predicted molar refractivity (Wildman–Crippen MR) is 48.0 cm³/mol. The van der Waals surface area contributed by atoms with E-state index in [1.807, 2.05) is 20.8 Å². The molecule has 1 aromatic rings. The fourth-order valence-corrected chi connectivity index (χ4v) is 1.19. The Hall–Kier alpha value is -1.39. The number of hydrogen-bond acceptors (Lipinski definition) is 3. The highest BCUT2D eigenvalue weighted by Gasteiger charge is 2.11. The Kier molecular flexibility index (Phi) is 2.65. The van der Waals surface area contributed by atoms with Crippen LogP contribution in [0.5, 0.6) is 0 Å². The second-order valence-corrected chi connectivity index (χ2v) is 3.30. The summed E-state index contributed by atoms with van der Waals surface area (Å²) in [5, 5.41) is 7.82. The number of nitrogens with two attached hydrogens (primary N) is 1. The average molecular weight is 182 g/mol. The molecular weight excluding hydrogens is 168 g/mol. The first kappa shape index (κ1) is 9.70. The summed E-state index contributed by atoms with van der Waals surface area (Å²) < 4.78 is 1.78. The topological polar surface area (TPSA) is 73.8 Å². The summed E-state index contributed by atoms with van der Waals surface area (Å²) in [4.78, 5) is 10.6. The summed E-state index contributed by atoms with van der Waals surface area (Å²) in [6.07, 6.45) is 0.165. The van der Waals surface area contributed by atoms with Crippen LogP contribution in [0.25, 0.3) is 0 Å². The second kappa shape index (κ2) is 3.55. The SMILES string of the molecule is Cc1c(CC(N)=O)nnn1C(C)C. The van der Waals surface area contributed by atoms with Gasteiger partial charge in [0.15, 0.2) is 0 Å². The van der Waals surface area contributed by atoms with E-state index in [0.29, 0.717) is 5.69 Å². The quantitative estimate of drug-likeness (QED) is 0.725. The van der Waals surface area contributed by atoms with Crippen LogP contribution >= 0.6 is 0 Å². The first-order chi connectivity index (χ1) is 6.02. The monoisotopic (exact) mass is 182 g/mol. The third kappa shape index (κ3) is 2.05. The third-order valence-corrected chi connectivity index (χ3v) is 1.85. The van der Waals surface area contributed by atoms with Crippen LogP contribution in [0.15, 0.2) is 0 Å². The summed E-state index contributed by atoms with van der Waals surface area (Å²) in [6.45, 7) is 5.91. The molecule has 0 bridgehead atoms. The zero-order valence-corrected chi connectivity index (χ0v) is 8.11. The van der Waals surface area contributed by atoms with E-state index in [0.717, 1.165) is 5.69 Å². The van der Waals surface area contributed by atoms with Gasteiger partial charge in [-0.3, -0.25) is 4.79 Å². The number of amides is 1. The van der Waals surface area contributed by atoms with Crippen LogP contribution < -0.4 is 5.73 Å². The van der Waals surface area contributed by atoms with Crippen molar-refractivity contribution >= 4 is 5.91 Å². The molecule has 5 heteroatoms. The van der Waals surface area contributed by atoms with Gasteiger partial charge in [-0.2, -0.15) is 0 Å². The standard InChI is InChI=1S/C8H14N4O/c1-5(2)12-6(3)7(10-11-12)4-8(9)13/h5H,4H2,1-3H3,(H2,9,13). The zero-order chi connectivity index (χ0) is 10.0. The van der Waals surface area contributed by atoms with Crippen LogP contribution in [-0.2, 0) is 11.2 Å². The zero-order valence-electron chi connectivity index (χ0n) is 8.11. The molecule has 0 aliphatic heterocycles. The van der Waals surface area contributed by atoms with Gasteiger partial charge >= 0.3 is 0 Å². The minimum absolute atomic E-state index is 0.165. The Balaban J connectivity index is 2.92. The molecule has 0 saturated heterocycles. The Morgan fingerprint density at radius 2 is 2.23 bits per heavy atom. The molecule has 72 valence electrons. The fraction of sp³-hybridized carbons (Fsp3) is 0.625. The maximum absolute atomic E-state index is 10.6. The van der Waals surface area contributed by atoms with Gasteiger partial charge in [0.2, 0.25) is 5.91 Å². The molecule has 0 spiro atoms. The van der Waals surface area contributed by atoms with E-state index in [2.05, 4.69) is 10.3 Å². The number of rotatable bonds is 3. The predicted octanol–water partition coefficient (Wildman–Crippen LogP) is 0.195. The van der Waals surface area contributed by atoms with E-state index in [9.17, 15) is 4.79 Å². The number of nitrogens with zero attached hydrogens (tertiary/aromatic N) is 3. The van der Waals surface area contributed by atoms with Crippen LogP contribution in [-0.4, -0.2) is 20.9 Å². The molecule has 0 saturated carbocycles. The summed E-state index contributed by atoms with van der Waals surface area (Å²) >= 11 is 0. The number of carbonyl (C=O) groups excluding carboxylic acids is 1. The third-order valence-electron chi connectivity index (χ3n) is 1.85. The van der Waals surface area contributed by atoms with E-state index < -0.39 is 0 Å². The molecule has 0 aliphatic rings. The number of primary amides is 1. The molecule has 0 aromatic carbocycles. The Morgan fingerprint density at radius 1 is 1.62 bits per heavy atom. The lowest BCUT2D eigenvalue weighted by atomic mass is 10.2. The molecule has 0 fully saturated rings. The largest absolute Gasteiger partial charge is 0.369 e. The van der Waals surface area contributed by atoms with Gasteiger partial charge in [0.25, 0.3) is 0 Å². The smallest absolute Gasteiger partial charge is 0.223 e. The second-order valence-electron chi connectivity index (χ2n) is 3.30. The molecule has 1 amide bonds. The maximum atomic E-state index is 10.6.